The zero-order chi connectivity index (χ0) is 16.5. The van der Waals surface area contributed by atoms with Gasteiger partial charge in [-0.2, -0.15) is 0 Å². The van der Waals surface area contributed by atoms with Crippen LogP contribution in [-0.4, -0.2) is 35.6 Å². The summed E-state index contributed by atoms with van der Waals surface area (Å²) >= 11 is 0. The molecule has 6 atom stereocenters. The largest absolute Gasteiger partial charge is 0.393 e. The molecular weight excluding hydrogens is 288 g/mol. The molecular formula is C20H34O3. The number of aliphatic hydroxyl groups is 1. The maximum atomic E-state index is 10.0. The maximum absolute atomic E-state index is 10.0. The van der Waals surface area contributed by atoms with Crippen molar-refractivity contribution < 1.29 is 14.6 Å². The highest BCUT2D eigenvalue weighted by atomic mass is 16.6. The lowest BCUT2D eigenvalue weighted by Crippen LogP contribution is -2.65. The lowest BCUT2D eigenvalue weighted by atomic mass is 9.44. The van der Waals surface area contributed by atoms with Crippen LogP contribution in [0.5, 0.6) is 0 Å². The van der Waals surface area contributed by atoms with Crippen LogP contribution < -0.4 is 0 Å². The van der Waals surface area contributed by atoms with E-state index in [0.29, 0.717) is 16.7 Å². The van der Waals surface area contributed by atoms with Crippen LogP contribution >= 0.6 is 0 Å². The van der Waals surface area contributed by atoms with Gasteiger partial charge in [0.25, 0.3) is 0 Å². The summed E-state index contributed by atoms with van der Waals surface area (Å²) in [6.45, 7) is 10.7. The van der Waals surface area contributed by atoms with Gasteiger partial charge in [0.2, 0.25) is 0 Å². The van der Waals surface area contributed by atoms with Gasteiger partial charge < -0.3 is 14.6 Å². The van der Waals surface area contributed by atoms with Gasteiger partial charge in [-0.3, -0.25) is 0 Å². The Morgan fingerprint density at radius 2 is 1.65 bits per heavy atom. The monoisotopic (exact) mass is 322 g/mol. The van der Waals surface area contributed by atoms with E-state index in [2.05, 4.69) is 27.7 Å². The van der Waals surface area contributed by atoms with E-state index < -0.39 is 5.60 Å². The predicted molar refractivity (Wildman–Crippen MR) is 90.2 cm³/mol. The molecule has 0 bridgehead atoms. The second-order valence-electron chi connectivity index (χ2n) is 9.99. The van der Waals surface area contributed by atoms with E-state index in [9.17, 15) is 5.11 Å². The van der Waals surface area contributed by atoms with Crippen molar-refractivity contribution in [3.05, 3.63) is 0 Å². The minimum absolute atomic E-state index is 0.0917. The molecule has 4 rings (SSSR count). The Bertz CT molecular complexity index is 485. The SMILES string of the molecule is CC1(C)CCC[C@@]2(C)[C@H]3CC[C@](CO)([C@H]4CO4)O[C@@]3(C)CC[C@@H]12. The molecule has 0 radical (unpaired) electrons. The molecule has 23 heavy (non-hydrogen) atoms. The number of epoxide rings is 1. The van der Waals surface area contributed by atoms with E-state index in [1.165, 1.54) is 32.1 Å². The molecule has 0 aromatic heterocycles. The maximum Gasteiger partial charge on any atom is 0.120 e. The van der Waals surface area contributed by atoms with Crippen molar-refractivity contribution in [2.45, 2.75) is 89.9 Å². The molecule has 2 saturated heterocycles. The molecule has 2 aliphatic carbocycles. The minimum atomic E-state index is -0.432. The van der Waals surface area contributed by atoms with E-state index in [-0.39, 0.29) is 18.3 Å². The molecule has 2 aliphatic heterocycles. The highest BCUT2D eigenvalue weighted by Gasteiger charge is 2.64. The third-order valence-electron chi connectivity index (χ3n) is 8.22. The van der Waals surface area contributed by atoms with E-state index >= 15 is 0 Å². The van der Waals surface area contributed by atoms with Gasteiger partial charge in [0.05, 0.1) is 18.8 Å². The quantitative estimate of drug-likeness (QED) is 0.783. The van der Waals surface area contributed by atoms with Gasteiger partial charge >= 0.3 is 0 Å². The van der Waals surface area contributed by atoms with Crippen molar-refractivity contribution in [1.82, 2.24) is 0 Å². The molecule has 2 saturated carbocycles. The smallest absolute Gasteiger partial charge is 0.120 e. The molecule has 2 heterocycles. The fraction of sp³-hybridized carbons (Fsp3) is 1.00. The third kappa shape index (κ3) is 2.26. The minimum Gasteiger partial charge on any atom is -0.393 e. The first-order chi connectivity index (χ1) is 10.8. The lowest BCUT2D eigenvalue weighted by molar-refractivity contribution is -0.281. The molecule has 1 N–H and O–H groups in total. The molecule has 0 spiro atoms. The van der Waals surface area contributed by atoms with Crippen LogP contribution in [0.3, 0.4) is 0 Å². The Morgan fingerprint density at radius 1 is 0.957 bits per heavy atom. The lowest BCUT2D eigenvalue weighted by Gasteiger charge is -2.65. The summed E-state index contributed by atoms with van der Waals surface area (Å²) in [6.07, 6.45) is 8.73. The highest BCUT2D eigenvalue weighted by Crippen LogP contribution is 2.66. The fourth-order valence-corrected chi connectivity index (χ4v) is 7.06. The van der Waals surface area contributed by atoms with Crippen molar-refractivity contribution in [3.8, 4) is 0 Å². The number of rotatable bonds is 2. The van der Waals surface area contributed by atoms with Crippen LogP contribution in [0.1, 0.15) is 72.6 Å². The average Bonchev–Trinajstić information content (AvgIpc) is 3.30. The van der Waals surface area contributed by atoms with Gasteiger partial charge in [-0.05, 0) is 68.1 Å². The van der Waals surface area contributed by atoms with Crippen LogP contribution in [0, 0.1) is 22.7 Å². The van der Waals surface area contributed by atoms with Gasteiger partial charge in [-0.15, -0.1) is 0 Å². The summed E-state index contributed by atoms with van der Waals surface area (Å²) in [5, 5.41) is 10.0. The topological polar surface area (TPSA) is 42.0 Å². The van der Waals surface area contributed by atoms with Crippen LogP contribution in [-0.2, 0) is 9.47 Å². The number of aliphatic hydroxyl groups excluding tert-OH is 1. The van der Waals surface area contributed by atoms with Crippen molar-refractivity contribution in [2.24, 2.45) is 22.7 Å². The molecule has 0 aromatic rings. The van der Waals surface area contributed by atoms with Crippen molar-refractivity contribution in [3.63, 3.8) is 0 Å². The summed E-state index contributed by atoms with van der Waals surface area (Å²) in [5.74, 6) is 1.43. The van der Waals surface area contributed by atoms with Gasteiger partial charge in [0.15, 0.2) is 0 Å². The van der Waals surface area contributed by atoms with Crippen molar-refractivity contribution in [1.29, 1.82) is 0 Å². The zero-order valence-corrected chi connectivity index (χ0v) is 15.4. The number of hydrogen-bond donors (Lipinski definition) is 1. The van der Waals surface area contributed by atoms with E-state index in [4.69, 9.17) is 9.47 Å². The van der Waals surface area contributed by atoms with Crippen LogP contribution in [0.25, 0.3) is 0 Å². The van der Waals surface area contributed by atoms with Crippen LogP contribution in [0.2, 0.25) is 0 Å². The Hall–Kier alpha value is -0.120. The highest BCUT2D eigenvalue weighted by molar-refractivity contribution is 5.12. The molecule has 0 unspecified atom stereocenters. The summed E-state index contributed by atoms with van der Waals surface area (Å²) < 4.78 is 12.3. The Labute approximate surface area is 141 Å². The standard InChI is InChI=1S/C20H34O3/c1-17(2)8-5-9-18(3)14(17)6-10-19(4)15(18)7-11-20(13-21,23-19)16-12-22-16/h14-16,21H,5-13H2,1-4H3/t14-,15+,16+,18+,19-,20-/m0/s1. The van der Waals surface area contributed by atoms with E-state index in [1.807, 2.05) is 0 Å². The average molecular weight is 322 g/mol. The van der Waals surface area contributed by atoms with Crippen LogP contribution in [0.4, 0.5) is 0 Å². The second-order valence-corrected chi connectivity index (χ2v) is 9.99. The molecule has 3 heteroatoms. The molecule has 4 aliphatic rings. The summed E-state index contributed by atoms with van der Waals surface area (Å²) in [5.41, 5.74) is 0.324. The van der Waals surface area contributed by atoms with Gasteiger partial charge in [0, 0.05) is 0 Å². The summed E-state index contributed by atoms with van der Waals surface area (Å²) in [6, 6.07) is 0. The normalized spacial score (nSPS) is 54.9. The molecule has 132 valence electrons. The fourth-order valence-electron chi connectivity index (χ4n) is 7.06. The van der Waals surface area contributed by atoms with Gasteiger partial charge in [-0.1, -0.05) is 27.2 Å². The molecule has 0 amide bonds. The van der Waals surface area contributed by atoms with Crippen LogP contribution in [0.15, 0.2) is 0 Å². The second kappa shape index (κ2) is 4.95. The Morgan fingerprint density at radius 3 is 2.30 bits per heavy atom. The Balaban J connectivity index is 1.65. The number of ether oxygens (including phenoxy) is 2. The molecule has 0 aromatic carbocycles. The predicted octanol–water partition coefficient (Wildman–Crippen LogP) is 3.93. The first kappa shape index (κ1) is 16.4. The molecule has 4 fully saturated rings. The van der Waals surface area contributed by atoms with Gasteiger partial charge in [0.1, 0.15) is 11.7 Å². The van der Waals surface area contributed by atoms with Gasteiger partial charge in [-0.25, -0.2) is 0 Å². The third-order valence-corrected chi connectivity index (χ3v) is 8.22. The van der Waals surface area contributed by atoms with E-state index in [1.54, 1.807) is 0 Å². The number of fused-ring (bicyclic) bond motifs is 3. The summed E-state index contributed by atoms with van der Waals surface area (Å²) in [7, 11) is 0. The van der Waals surface area contributed by atoms with Crippen molar-refractivity contribution in [2.75, 3.05) is 13.2 Å². The first-order valence-electron chi connectivity index (χ1n) is 9.68. The van der Waals surface area contributed by atoms with Crippen molar-refractivity contribution >= 4 is 0 Å². The number of hydrogen-bond acceptors (Lipinski definition) is 3. The first-order valence-corrected chi connectivity index (χ1v) is 9.68. The molecule has 3 nitrogen and oxygen atoms in total. The Kier molecular flexibility index (Phi) is 3.52. The van der Waals surface area contributed by atoms with E-state index in [0.717, 1.165) is 25.4 Å². The zero-order valence-electron chi connectivity index (χ0n) is 15.4. The summed E-state index contributed by atoms with van der Waals surface area (Å²) in [4.78, 5) is 0.